The normalized spacial score (nSPS) is 14.7. The molecule has 23 heavy (non-hydrogen) atoms. The Hall–Kier alpha value is -1.79. The summed E-state index contributed by atoms with van der Waals surface area (Å²) in [6.45, 7) is 4.54. The molecule has 0 aliphatic carbocycles. The van der Waals surface area contributed by atoms with Gasteiger partial charge in [0.2, 0.25) is 0 Å². The molecule has 0 atom stereocenters. The fourth-order valence-electron chi connectivity index (χ4n) is 2.64. The molecule has 6 nitrogen and oxygen atoms in total. The van der Waals surface area contributed by atoms with E-state index in [2.05, 4.69) is 4.90 Å². The van der Waals surface area contributed by atoms with E-state index in [9.17, 15) is 9.59 Å². The van der Waals surface area contributed by atoms with Gasteiger partial charge in [-0.2, -0.15) is 0 Å². The minimum absolute atomic E-state index is 0.143. The summed E-state index contributed by atoms with van der Waals surface area (Å²) in [5.74, 6) is -1.04. The Balaban J connectivity index is 1.93. The van der Waals surface area contributed by atoms with Crippen LogP contribution in [0.1, 0.15) is 6.92 Å². The molecule has 1 aliphatic rings. The first-order valence-corrected chi connectivity index (χ1v) is 8.14. The highest BCUT2D eigenvalue weighted by atomic mass is 35.5. The van der Waals surface area contributed by atoms with Crippen molar-refractivity contribution >= 4 is 29.1 Å². The van der Waals surface area contributed by atoms with Gasteiger partial charge in [-0.1, -0.05) is 17.7 Å². The molecule has 1 N–H and O–H groups in total. The van der Waals surface area contributed by atoms with Crippen LogP contribution in [0.4, 0.5) is 5.69 Å². The lowest BCUT2D eigenvalue weighted by Crippen LogP contribution is -2.53. The third kappa shape index (κ3) is 4.36. The van der Waals surface area contributed by atoms with Gasteiger partial charge < -0.3 is 19.8 Å². The Labute approximate surface area is 141 Å². The minimum Gasteiger partial charge on any atom is -0.395 e. The van der Waals surface area contributed by atoms with E-state index in [4.69, 9.17) is 16.7 Å². The third-order valence-corrected chi connectivity index (χ3v) is 4.20. The van der Waals surface area contributed by atoms with Gasteiger partial charge in [0.25, 0.3) is 0 Å². The number of hydrogen-bond acceptors (Lipinski definition) is 4. The van der Waals surface area contributed by atoms with E-state index in [1.54, 1.807) is 11.8 Å². The quantitative estimate of drug-likeness (QED) is 0.825. The third-order valence-electron chi connectivity index (χ3n) is 3.96. The molecule has 7 heteroatoms. The standard InChI is InChI=1S/C16H22ClN3O3/c1-2-18(10-11-21)15(22)16(23)20-8-6-19(7-9-20)14-5-3-4-13(17)12-14/h3-5,12,21H,2,6-11H2,1H3. The van der Waals surface area contributed by atoms with Crippen molar-refractivity contribution in [2.45, 2.75) is 6.92 Å². The molecule has 0 bridgehead atoms. The maximum atomic E-state index is 12.3. The minimum atomic E-state index is -0.544. The second-order valence-electron chi connectivity index (χ2n) is 5.37. The van der Waals surface area contributed by atoms with Gasteiger partial charge in [0.15, 0.2) is 0 Å². The summed E-state index contributed by atoms with van der Waals surface area (Å²) < 4.78 is 0. The molecular weight excluding hydrogens is 318 g/mol. The molecule has 1 aromatic carbocycles. The van der Waals surface area contributed by atoms with Crippen LogP contribution in [-0.4, -0.2) is 72.6 Å². The molecule has 1 fully saturated rings. The highest BCUT2D eigenvalue weighted by Crippen LogP contribution is 2.20. The molecule has 126 valence electrons. The smallest absolute Gasteiger partial charge is 0.312 e. The molecule has 0 spiro atoms. The number of piperazine rings is 1. The van der Waals surface area contributed by atoms with Gasteiger partial charge in [-0.3, -0.25) is 9.59 Å². The molecule has 0 saturated carbocycles. The van der Waals surface area contributed by atoms with Gasteiger partial charge in [-0.15, -0.1) is 0 Å². The monoisotopic (exact) mass is 339 g/mol. The lowest BCUT2D eigenvalue weighted by molar-refractivity contribution is -0.152. The Morgan fingerprint density at radius 2 is 1.96 bits per heavy atom. The molecule has 1 saturated heterocycles. The number of halogens is 1. The number of aliphatic hydroxyl groups excluding tert-OH is 1. The van der Waals surface area contributed by atoms with Crippen molar-refractivity contribution in [3.05, 3.63) is 29.3 Å². The first-order chi connectivity index (χ1) is 11.1. The van der Waals surface area contributed by atoms with Gasteiger partial charge in [0.05, 0.1) is 6.61 Å². The average Bonchev–Trinajstić information content (AvgIpc) is 2.58. The zero-order valence-electron chi connectivity index (χ0n) is 13.2. The van der Waals surface area contributed by atoms with E-state index in [0.29, 0.717) is 37.7 Å². The summed E-state index contributed by atoms with van der Waals surface area (Å²) >= 11 is 6.00. The number of benzene rings is 1. The van der Waals surface area contributed by atoms with Crippen molar-refractivity contribution in [3.8, 4) is 0 Å². The van der Waals surface area contributed by atoms with Crippen LogP contribution in [0, 0.1) is 0 Å². The average molecular weight is 340 g/mol. The maximum Gasteiger partial charge on any atom is 0.312 e. The molecule has 1 aromatic rings. The molecular formula is C16H22ClN3O3. The molecule has 2 rings (SSSR count). The first kappa shape index (κ1) is 17.6. The molecule has 2 amide bonds. The van der Waals surface area contributed by atoms with Crippen LogP contribution in [0.3, 0.4) is 0 Å². The fourth-order valence-corrected chi connectivity index (χ4v) is 2.82. The Morgan fingerprint density at radius 1 is 1.26 bits per heavy atom. The van der Waals surface area contributed by atoms with Crippen molar-refractivity contribution in [1.29, 1.82) is 0 Å². The first-order valence-electron chi connectivity index (χ1n) is 7.76. The Kier molecular flexibility index (Phi) is 6.24. The van der Waals surface area contributed by atoms with Crippen LogP contribution in [0.2, 0.25) is 5.02 Å². The van der Waals surface area contributed by atoms with E-state index in [0.717, 1.165) is 5.69 Å². The highest BCUT2D eigenvalue weighted by Gasteiger charge is 2.28. The predicted molar refractivity (Wildman–Crippen MR) is 89.6 cm³/mol. The Bertz CT molecular complexity index is 559. The van der Waals surface area contributed by atoms with Crippen LogP contribution < -0.4 is 4.90 Å². The van der Waals surface area contributed by atoms with E-state index in [1.807, 2.05) is 24.3 Å². The number of amides is 2. The van der Waals surface area contributed by atoms with Gasteiger partial charge in [-0.05, 0) is 25.1 Å². The van der Waals surface area contributed by atoms with E-state index < -0.39 is 11.8 Å². The summed E-state index contributed by atoms with van der Waals surface area (Å²) in [4.78, 5) is 29.5. The highest BCUT2D eigenvalue weighted by molar-refractivity contribution is 6.35. The van der Waals surface area contributed by atoms with Crippen molar-refractivity contribution in [2.75, 3.05) is 50.8 Å². The lowest BCUT2D eigenvalue weighted by Gasteiger charge is -2.36. The largest absolute Gasteiger partial charge is 0.395 e. The van der Waals surface area contributed by atoms with E-state index in [-0.39, 0.29) is 13.2 Å². The number of aliphatic hydroxyl groups is 1. The van der Waals surface area contributed by atoms with Crippen molar-refractivity contribution in [2.24, 2.45) is 0 Å². The topological polar surface area (TPSA) is 64.1 Å². The zero-order chi connectivity index (χ0) is 16.8. The van der Waals surface area contributed by atoms with Crippen LogP contribution in [0.25, 0.3) is 0 Å². The van der Waals surface area contributed by atoms with Gasteiger partial charge >= 0.3 is 11.8 Å². The number of carbonyl (C=O) groups is 2. The summed E-state index contributed by atoms with van der Waals surface area (Å²) in [7, 11) is 0. The molecule has 0 aromatic heterocycles. The van der Waals surface area contributed by atoms with Crippen LogP contribution in [0.15, 0.2) is 24.3 Å². The number of nitrogens with zero attached hydrogens (tertiary/aromatic N) is 3. The zero-order valence-corrected chi connectivity index (χ0v) is 14.0. The van der Waals surface area contributed by atoms with E-state index in [1.165, 1.54) is 4.90 Å². The number of hydrogen-bond donors (Lipinski definition) is 1. The van der Waals surface area contributed by atoms with Crippen molar-refractivity contribution < 1.29 is 14.7 Å². The summed E-state index contributed by atoms with van der Waals surface area (Å²) in [6.07, 6.45) is 0. The number of anilines is 1. The maximum absolute atomic E-state index is 12.3. The summed E-state index contributed by atoms with van der Waals surface area (Å²) in [6, 6.07) is 7.59. The predicted octanol–water partition coefficient (Wildman–Crippen LogP) is 0.829. The fraction of sp³-hybridized carbons (Fsp3) is 0.500. The number of carbonyl (C=O) groups excluding carboxylic acids is 2. The van der Waals surface area contributed by atoms with Crippen molar-refractivity contribution in [1.82, 2.24) is 9.80 Å². The van der Waals surface area contributed by atoms with Crippen molar-refractivity contribution in [3.63, 3.8) is 0 Å². The molecule has 0 radical (unpaired) electrons. The Morgan fingerprint density at radius 3 is 2.52 bits per heavy atom. The molecule has 0 unspecified atom stereocenters. The molecule has 1 heterocycles. The molecule has 1 aliphatic heterocycles. The van der Waals surface area contributed by atoms with Crippen LogP contribution in [-0.2, 0) is 9.59 Å². The summed E-state index contributed by atoms with van der Waals surface area (Å²) in [5.41, 5.74) is 1.02. The lowest BCUT2D eigenvalue weighted by atomic mass is 10.2. The second-order valence-corrected chi connectivity index (χ2v) is 5.80. The number of likely N-dealkylation sites (N-methyl/N-ethyl adjacent to an activating group) is 1. The second kappa shape index (κ2) is 8.17. The van der Waals surface area contributed by atoms with Crippen LogP contribution >= 0.6 is 11.6 Å². The summed E-state index contributed by atoms with van der Waals surface area (Å²) in [5, 5.41) is 9.64. The SMILES string of the molecule is CCN(CCO)C(=O)C(=O)N1CCN(c2cccc(Cl)c2)CC1. The number of rotatable bonds is 4. The van der Waals surface area contributed by atoms with Gasteiger partial charge in [0, 0.05) is 50.0 Å². The van der Waals surface area contributed by atoms with E-state index >= 15 is 0 Å². The van der Waals surface area contributed by atoms with Gasteiger partial charge in [-0.25, -0.2) is 0 Å². The van der Waals surface area contributed by atoms with Crippen LogP contribution in [0.5, 0.6) is 0 Å². The van der Waals surface area contributed by atoms with Gasteiger partial charge in [0.1, 0.15) is 0 Å².